The summed E-state index contributed by atoms with van der Waals surface area (Å²) in [5.74, 6) is 0.131. The van der Waals surface area contributed by atoms with Gasteiger partial charge in [-0.1, -0.05) is 0 Å². The van der Waals surface area contributed by atoms with Gasteiger partial charge in [0.25, 0.3) is 0 Å². The Labute approximate surface area is 132 Å². The molecule has 1 aliphatic rings. The van der Waals surface area contributed by atoms with Crippen molar-refractivity contribution in [2.45, 2.75) is 32.1 Å². The minimum Gasteiger partial charge on any atom is -0.472 e. The number of ether oxygens (including phenoxy) is 1. The number of hydrogen-bond acceptors (Lipinski definition) is 6. The van der Waals surface area contributed by atoms with Gasteiger partial charge in [0.05, 0.1) is 22.9 Å². The first kappa shape index (κ1) is 15.4. The Kier molecular flexibility index (Phi) is 4.24. The fourth-order valence-electron chi connectivity index (χ4n) is 2.51. The molecule has 1 aliphatic carbocycles. The number of nitrogens with zero attached hydrogens (tertiary/aromatic N) is 4. The summed E-state index contributed by atoms with van der Waals surface area (Å²) < 4.78 is 7.04. The van der Waals surface area contributed by atoms with Gasteiger partial charge >= 0.3 is 11.6 Å². The van der Waals surface area contributed by atoms with Gasteiger partial charge in [-0.25, -0.2) is 4.68 Å². The summed E-state index contributed by atoms with van der Waals surface area (Å²) in [7, 11) is 0. The van der Waals surface area contributed by atoms with Crippen molar-refractivity contribution in [2.24, 2.45) is 0 Å². The van der Waals surface area contributed by atoms with Gasteiger partial charge in [-0.2, -0.15) is 0 Å². The molecule has 0 aromatic carbocycles. The average molecular weight is 318 g/mol. The smallest absolute Gasteiger partial charge is 0.354 e. The van der Waals surface area contributed by atoms with Gasteiger partial charge in [-0.05, 0) is 31.9 Å². The van der Waals surface area contributed by atoms with Crippen LogP contribution >= 0.6 is 0 Å². The molecule has 2 aromatic rings. The Morgan fingerprint density at radius 2 is 2.30 bits per heavy atom. The van der Waals surface area contributed by atoms with Crippen molar-refractivity contribution < 1.29 is 14.8 Å². The average Bonchev–Trinajstić information content (AvgIpc) is 3.29. The quantitative estimate of drug-likeness (QED) is 0.476. The fourth-order valence-corrected chi connectivity index (χ4v) is 2.51. The molecule has 0 bridgehead atoms. The van der Waals surface area contributed by atoms with Gasteiger partial charge < -0.3 is 9.84 Å². The van der Waals surface area contributed by atoms with Crippen molar-refractivity contribution in [3.05, 3.63) is 39.8 Å². The van der Waals surface area contributed by atoms with Crippen LogP contribution in [0.4, 0.5) is 5.69 Å². The second-order valence-electron chi connectivity index (χ2n) is 5.52. The Balaban J connectivity index is 2.10. The van der Waals surface area contributed by atoms with Crippen LogP contribution in [0.5, 0.6) is 5.88 Å². The summed E-state index contributed by atoms with van der Waals surface area (Å²) in [6.07, 6.45) is 3.88. The third-order valence-electron chi connectivity index (χ3n) is 3.76. The molecule has 8 nitrogen and oxygen atoms in total. The zero-order chi connectivity index (χ0) is 16.4. The molecule has 0 radical (unpaired) electrons. The minimum atomic E-state index is -0.433. The molecule has 0 spiro atoms. The van der Waals surface area contributed by atoms with Crippen molar-refractivity contribution in [1.82, 2.24) is 14.8 Å². The molecule has 0 saturated heterocycles. The molecule has 0 unspecified atom stereocenters. The molecule has 3 rings (SSSR count). The molecule has 1 N–H and O–H groups in total. The number of rotatable bonds is 7. The summed E-state index contributed by atoms with van der Waals surface area (Å²) in [4.78, 5) is 15.3. The molecular formula is C15H18N4O4. The summed E-state index contributed by atoms with van der Waals surface area (Å²) in [6.45, 7) is 1.99. The van der Waals surface area contributed by atoms with Gasteiger partial charge in [0, 0.05) is 25.1 Å². The monoisotopic (exact) mass is 318 g/mol. The maximum atomic E-state index is 11.5. The van der Waals surface area contributed by atoms with E-state index in [-0.39, 0.29) is 30.7 Å². The molecule has 2 aromatic heterocycles. The second kappa shape index (κ2) is 6.33. The fraction of sp³-hybridized carbons (Fsp3) is 0.467. The van der Waals surface area contributed by atoms with Gasteiger partial charge in [-0.15, -0.1) is 5.10 Å². The van der Waals surface area contributed by atoms with Crippen LogP contribution in [0, 0.1) is 17.0 Å². The lowest BCUT2D eigenvalue weighted by Crippen LogP contribution is -2.05. The van der Waals surface area contributed by atoms with Gasteiger partial charge in [-0.3, -0.25) is 15.1 Å². The number of aromatic nitrogens is 3. The summed E-state index contributed by atoms with van der Waals surface area (Å²) in [5, 5.41) is 24.7. The molecule has 23 heavy (non-hydrogen) atoms. The predicted molar refractivity (Wildman–Crippen MR) is 81.9 cm³/mol. The normalized spacial score (nSPS) is 14.0. The Bertz CT molecular complexity index is 724. The predicted octanol–water partition coefficient (Wildman–Crippen LogP) is 2.12. The van der Waals surface area contributed by atoms with E-state index in [1.165, 1.54) is 0 Å². The van der Waals surface area contributed by atoms with Crippen LogP contribution in [0.3, 0.4) is 0 Å². The molecular weight excluding hydrogens is 300 g/mol. The lowest BCUT2D eigenvalue weighted by Gasteiger charge is -2.07. The van der Waals surface area contributed by atoms with Crippen molar-refractivity contribution in [2.75, 3.05) is 13.2 Å². The van der Waals surface area contributed by atoms with Crippen LogP contribution in [-0.4, -0.2) is 38.0 Å². The lowest BCUT2D eigenvalue weighted by atomic mass is 10.2. The molecule has 1 fully saturated rings. The molecule has 8 heteroatoms. The Morgan fingerprint density at radius 1 is 1.52 bits per heavy atom. The second-order valence-corrected chi connectivity index (χ2v) is 5.52. The van der Waals surface area contributed by atoms with Crippen LogP contribution in [0.25, 0.3) is 5.69 Å². The zero-order valence-electron chi connectivity index (χ0n) is 12.8. The van der Waals surface area contributed by atoms with Crippen molar-refractivity contribution in [1.29, 1.82) is 0 Å². The first-order valence-corrected chi connectivity index (χ1v) is 7.56. The maximum absolute atomic E-state index is 11.5. The highest BCUT2D eigenvalue weighted by atomic mass is 16.6. The standard InChI is InChI=1S/C15H18N4O4/c1-10-12(4-2-7-16-10)18-13(11-5-6-11)14(19(21)22)15(17-18)23-9-3-8-20/h2,4,7,11,20H,3,5-6,8-9H2,1H3. The number of nitro groups is 1. The molecule has 0 aliphatic heterocycles. The first-order valence-electron chi connectivity index (χ1n) is 7.56. The molecule has 2 heterocycles. The third-order valence-corrected chi connectivity index (χ3v) is 3.76. The van der Waals surface area contributed by atoms with E-state index in [0.29, 0.717) is 12.1 Å². The number of pyridine rings is 1. The van der Waals surface area contributed by atoms with E-state index < -0.39 is 4.92 Å². The SMILES string of the molecule is Cc1ncccc1-n1nc(OCCCO)c([N+](=O)[O-])c1C1CC1. The van der Waals surface area contributed by atoms with E-state index >= 15 is 0 Å². The highest BCUT2D eigenvalue weighted by Crippen LogP contribution is 2.48. The highest BCUT2D eigenvalue weighted by molar-refractivity contribution is 5.53. The van der Waals surface area contributed by atoms with E-state index in [1.807, 2.05) is 13.0 Å². The van der Waals surface area contributed by atoms with Crippen LogP contribution in [0.15, 0.2) is 18.3 Å². The zero-order valence-corrected chi connectivity index (χ0v) is 12.8. The first-order chi connectivity index (χ1) is 11.1. The van der Waals surface area contributed by atoms with Gasteiger partial charge in [0.1, 0.15) is 5.69 Å². The van der Waals surface area contributed by atoms with Crippen molar-refractivity contribution in [3.8, 4) is 11.6 Å². The van der Waals surface area contributed by atoms with Gasteiger partial charge in [0.2, 0.25) is 0 Å². The highest BCUT2D eigenvalue weighted by Gasteiger charge is 2.40. The number of hydrogen-bond donors (Lipinski definition) is 1. The maximum Gasteiger partial charge on any atom is 0.354 e. The summed E-state index contributed by atoms with van der Waals surface area (Å²) >= 11 is 0. The van der Waals surface area contributed by atoms with Crippen LogP contribution in [0.2, 0.25) is 0 Å². The topological polar surface area (TPSA) is 103 Å². The van der Waals surface area contributed by atoms with Crippen LogP contribution < -0.4 is 4.74 Å². The molecule has 1 saturated carbocycles. The summed E-state index contributed by atoms with van der Waals surface area (Å²) in [6, 6.07) is 3.61. The lowest BCUT2D eigenvalue weighted by molar-refractivity contribution is -0.386. The Hall–Kier alpha value is -2.48. The molecule has 0 atom stereocenters. The number of aryl methyl sites for hydroxylation is 1. The van der Waals surface area contributed by atoms with Crippen LogP contribution in [0.1, 0.15) is 36.6 Å². The van der Waals surface area contributed by atoms with E-state index in [1.54, 1.807) is 16.9 Å². The largest absolute Gasteiger partial charge is 0.472 e. The Morgan fingerprint density at radius 3 is 2.91 bits per heavy atom. The van der Waals surface area contributed by atoms with Crippen molar-refractivity contribution in [3.63, 3.8) is 0 Å². The van der Waals surface area contributed by atoms with Gasteiger partial charge in [0.15, 0.2) is 0 Å². The van der Waals surface area contributed by atoms with E-state index in [9.17, 15) is 10.1 Å². The number of aliphatic hydroxyl groups excluding tert-OH is 1. The van der Waals surface area contributed by atoms with E-state index in [4.69, 9.17) is 9.84 Å². The van der Waals surface area contributed by atoms with E-state index in [0.717, 1.165) is 24.2 Å². The number of aliphatic hydroxyl groups is 1. The van der Waals surface area contributed by atoms with E-state index in [2.05, 4.69) is 10.1 Å². The van der Waals surface area contributed by atoms with Crippen molar-refractivity contribution >= 4 is 5.69 Å². The minimum absolute atomic E-state index is 0.00797. The molecule has 0 amide bonds. The third kappa shape index (κ3) is 3.02. The van der Waals surface area contributed by atoms with Crippen LogP contribution in [-0.2, 0) is 0 Å². The summed E-state index contributed by atoms with van der Waals surface area (Å²) in [5.41, 5.74) is 1.96. The molecule has 122 valence electrons.